The van der Waals surface area contributed by atoms with Gasteiger partial charge in [0, 0.05) is 12.1 Å². The molecule has 1 amide bonds. The topological polar surface area (TPSA) is 29.1 Å². The first kappa shape index (κ1) is 16.3. The lowest BCUT2D eigenvalue weighted by Crippen LogP contribution is -2.16. The van der Waals surface area contributed by atoms with Gasteiger partial charge in [-0.3, -0.25) is 4.79 Å². The van der Waals surface area contributed by atoms with Gasteiger partial charge in [-0.05, 0) is 35.4 Å². The van der Waals surface area contributed by atoms with E-state index < -0.39 is 0 Å². The smallest absolute Gasteiger partial charge is 0.224 e. The molecule has 2 aromatic carbocycles. The molecule has 2 nitrogen and oxygen atoms in total. The summed E-state index contributed by atoms with van der Waals surface area (Å²) in [7, 11) is 0. The monoisotopic (exact) mass is 295 g/mol. The third-order valence-electron chi connectivity index (χ3n) is 4.12. The summed E-state index contributed by atoms with van der Waals surface area (Å²) in [4.78, 5) is 12.4. The highest BCUT2D eigenvalue weighted by Crippen LogP contribution is 2.24. The Morgan fingerprint density at radius 1 is 0.955 bits per heavy atom. The van der Waals surface area contributed by atoms with E-state index in [2.05, 4.69) is 56.4 Å². The number of nitrogens with one attached hydrogen (secondary N) is 1. The maximum atomic E-state index is 12.4. The fourth-order valence-electron chi connectivity index (χ4n) is 2.77. The predicted octanol–water partition coefficient (Wildman–Crippen LogP) is 4.94. The predicted molar refractivity (Wildman–Crippen MR) is 93.3 cm³/mol. The highest BCUT2D eigenvalue weighted by atomic mass is 16.1. The van der Waals surface area contributed by atoms with Gasteiger partial charge in [0.1, 0.15) is 0 Å². The van der Waals surface area contributed by atoms with Crippen LogP contribution < -0.4 is 5.32 Å². The van der Waals surface area contributed by atoms with Crippen molar-refractivity contribution in [3.8, 4) is 0 Å². The van der Waals surface area contributed by atoms with Gasteiger partial charge in [-0.2, -0.15) is 0 Å². The van der Waals surface area contributed by atoms with Gasteiger partial charge in [0.05, 0.1) is 0 Å². The highest BCUT2D eigenvalue weighted by Gasteiger charge is 2.14. The maximum Gasteiger partial charge on any atom is 0.224 e. The molecule has 2 rings (SSSR count). The van der Waals surface area contributed by atoms with Crippen LogP contribution in [0.3, 0.4) is 0 Å². The first-order valence-electron chi connectivity index (χ1n) is 8.11. The van der Waals surface area contributed by atoms with Gasteiger partial charge >= 0.3 is 0 Å². The third-order valence-corrected chi connectivity index (χ3v) is 4.12. The Balaban J connectivity index is 2.09. The van der Waals surface area contributed by atoms with Gasteiger partial charge in [0.25, 0.3) is 0 Å². The van der Waals surface area contributed by atoms with Gasteiger partial charge in [0.15, 0.2) is 0 Å². The van der Waals surface area contributed by atoms with Crippen molar-refractivity contribution in [3.63, 3.8) is 0 Å². The molecule has 22 heavy (non-hydrogen) atoms. The van der Waals surface area contributed by atoms with Crippen LogP contribution in [0, 0.1) is 0 Å². The summed E-state index contributed by atoms with van der Waals surface area (Å²) in [6.45, 7) is 6.34. The molecule has 0 saturated heterocycles. The normalized spacial score (nSPS) is 12.0. The summed E-state index contributed by atoms with van der Waals surface area (Å²) in [6.07, 6.45) is 2.36. The molecule has 1 N–H and O–H groups in total. The Kier molecular flexibility index (Phi) is 5.76. The standard InChI is InChI=1S/C20H25NO/c1-4-16-12-9-13-17(5-2)20(16)21-19(22)14-15(3)18-10-7-6-8-11-18/h6-13,15H,4-5,14H2,1-3H3,(H,21,22). The summed E-state index contributed by atoms with van der Waals surface area (Å²) in [5.74, 6) is 0.312. The average molecular weight is 295 g/mol. The van der Waals surface area contributed by atoms with E-state index in [-0.39, 0.29) is 11.8 Å². The zero-order chi connectivity index (χ0) is 15.9. The number of carbonyl (C=O) groups is 1. The molecule has 2 aromatic rings. The van der Waals surface area contributed by atoms with Crippen LogP contribution in [0.1, 0.15) is 49.8 Å². The number of aryl methyl sites for hydroxylation is 2. The Bertz CT molecular complexity index is 597. The molecule has 0 radical (unpaired) electrons. The van der Waals surface area contributed by atoms with Crippen molar-refractivity contribution in [1.29, 1.82) is 0 Å². The van der Waals surface area contributed by atoms with Gasteiger partial charge in [-0.25, -0.2) is 0 Å². The van der Waals surface area contributed by atoms with E-state index in [1.54, 1.807) is 0 Å². The zero-order valence-electron chi connectivity index (χ0n) is 13.7. The van der Waals surface area contributed by atoms with E-state index in [0.29, 0.717) is 6.42 Å². The first-order chi connectivity index (χ1) is 10.7. The molecule has 0 aromatic heterocycles. The molecule has 0 saturated carbocycles. The van der Waals surface area contributed by atoms with Gasteiger partial charge in [-0.1, -0.05) is 69.3 Å². The van der Waals surface area contributed by atoms with Crippen LogP contribution in [0.2, 0.25) is 0 Å². The van der Waals surface area contributed by atoms with Crippen LogP contribution in [0.4, 0.5) is 5.69 Å². The summed E-state index contributed by atoms with van der Waals surface area (Å²) in [5, 5.41) is 3.14. The van der Waals surface area contributed by atoms with E-state index in [1.807, 2.05) is 18.2 Å². The highest BCUT2D eigenvalue weighted by molar-refractivity contribution is 5.92. The molecule has 2 heteroatoms. The van der Waals surface area contributed by atoms with E-state index in [9.17, 15) is 4.79 Å². The molecule has 116 valence electrons. The van der Waals surface area contributed by atoms with Gasteiger partial charge < -0.3 is 5.32 Å². The Hall–Kier alpha value is -2.09. The third kappa shape index (κ3) is 3.97. The van der Waals surface area contributed by atoms with Crippen molar-refractivity contribution in [1.82, 2.24) is 0 Å². The van der Waals surface area contributed by atoms with Crippen molar-refractivity contribution in [3.05, 3.63) is 65.2 Å². The summed E-state index contributed by atoms with van der Waals surface area (Å²) >= 11 is 0. The minimum absolute atomic E-state index is 0.0898. The molecule has 1 atom stereocenters. The van der Waals surface area contributed by atoms with Crippen LogP contribution in [0.25, 0.3) is 0 Å². The molecule has 0 fully saturated rings. The second kappa shape index (κ2) is 7.79. The SMILES string of the molecule is CCc1cccc(CC)c1NC(=O)CC(C)c1ccccc1. The lowest BCUT2D eigenvalue weighted by Gasteiger charge is -2.16. The number of amides is 1. The Morgan fingerprint density at radius 3 is 2.09 bits per heavy atom. The van der Waals surface area contributed by atoms with Gasteiger partial charge in [0.2, 0.25) is 5.91 Å². The second-order valence-corrected chi connectivity index (χ2v) is 5.72. The van der Waals surface area contributed by atoms with Crippen molar-refractivity contribution in [2.24, 2.45) is 0 Å². The molecular weight excluding hydrogens is 270 g/mol. The van der Waals surface area contributed by atoms with Gasteiger partial charge in [-0.15, -0.1) is 0 Å². The average Bonchev–Trinajstić information content (AvgIpc) is 2.55. The fourth-order valence-corrected chi connectivity index (χ4v) is 2.77. The summed E-state index contributed by atoms with van der Waals surface area (Å²) in [6, 6.07) is 16.5. The number of benzene rings is 2. The lowest BCUT2D eigenvalue weighted by atomic mass is 9.97. The van der Waals surface area contributed by atoms with Crippen molar-refractivity contribution in [2.45, 2.75) is 46.0 Å². The van der Waals surface area contributed by atoms with E-state index in [1.165, 1.54) is 16.7 Å². The molecule has 1 unspecified atom stereocenters. The first-order valence-corrected chi connectivity index (χ1v) is 8.11. The van der Waals surface area contributed by atoms with Crippen LogP contribution >= 0.6 is 0 Å². The minimum Gasteiger partial charge on any atom is -0.326 e. The number of hydrogen-bond donors (Lipinski definition) is 1. The molecule has 0 aliphatic carbocycles. The number of hydrogen-bond acceptors (Lipinski definition) is 1. The van der Waals surface area contributed by atoms with Crippen LogP contribution in [-0.4, -0.2) is 5.91 Å². The Morgan fingerprint density at radius 2 is 1.55 bits per heavy atom. The van der Waals surface area contributed by atoms with E-state index in [0.717, 1.165) is 18.5 Å². The van der Waals surface area contributed by atoms with E-state index in [4.69, 9.17) is 0 Å². The summed E-state index contributed by atoms with van der Waals surface area (Å²) in [5.41, 5.74) is 4.63. The fraction of sp³-hybridized carbons (Fsp3) is 0.350. The minimum atomic E-state index is 0.0898. The van der Waals surface area contributed by atoms with Crippen molar-refractivity contribution >= 4 is 11.6 Å². The van der Waals surface area contributed by atoms with E-state index >= 15 is 0 Å². The molecule has 0 bridgehead atoms. The van der Waals surface area contributed by atoms with Crippen molar-refractivity contribution in [2.75, 3.05) is 5.32 Å². The van der Waals surface area contributed by atoms with Crippen LogP contribution in [0.15, 0.2) is 48.5 Å². The summed E-state index contributed by atoms with van der Waals surface area (Å²) < 4.78 is 0. The largest absolute Gasteiger partial charge is 0.326 e. The quantitative estimate of drug-likeness (QED) is 0.803. The molecule has 0 heterocycles. The molecule has 0 spiro atoms. The van der Waals surface area contributed by atoms with Crippen LogP contribution in [0.5, 0.6) is 0 Å². The zero-order valence-corrected chi connectivity index (χ0v) is 13.7. The Labute approximate surface area is 133 Å². The molecule has 0 aliphatic rings. The molecular formula is C20H25NO. The maximum absolute atomic E-state index is 12.4. The second-order valence-electron chi connectivity index (χ2n) is 5.72. The number of anilines is 1. The van der Waals surface area contributed by atoms with Crippen LogP contribution in [-0.2, 0) is 17.6 Å². The number of carbonyl (C=O) groups excluding carboxylic acids is 1. The lowest BCUT2D eigenvalue weighted by molar-refractivity contribution is -0.116. The number of rotatable bonds is 6. The number of para-hydroxylation sites is 1. The molecule has 0 aliphatic heterocycles. The van der Waals surface area contributed by atoms with Crippen molar-refractivity contribution < 1.29 is 4.79 Å².